The minimum Gasteiger partial charge on any atom is -0.494 e. The number of hydrogen-bond donors (Lipinski definition) is 3. The zero-order valence-corrected chi connectivity index (χ0v) is 22.1. The molecule has 0 fully saturated rings. The number of nitrogens with zero attached hydrogens (tertiary/aromatic N) is 1. The number of Topliss-reactive ketones (excluding diaryl/α,β-unsaturated/α-hetero) is 1. The van der Waals surface area contributed by atoms with E-state index in [0.29, 0.717) is 34.5 Å². The first-order chi connectivity index (χ1) is 19.3. The van der Waals surface area contributed by atoms with E-state index in [0.717, 1.165) is 19.3 Å². The normalized spacial score (nSPS) is 10.8. The van der Waals surface area contributed by atoms with E-state index < -0.39 is 30.0 Å². The second-order valence-electron chi connectivity index (χ2n) is 9.38. The number of anilines is 1. The molecule has 40 heavy (non-hydrogen) atoms. The van der Waals surface area contributed by atoms with Crippen molar-refractivity contribution in [1.82, 2.24) is 4.57 Å². The molecule has 9 heteroatoms. The molecular weight excluding hydrogens is 512 g/mol. The van der Waals surface area contributed by atoms with Crippen molar-refractivity contribution in [3.63, 3.8) is 0 Å². The molecule has 206 valence electrons. The molecule has 0 saturated carbocycles. The minimum absolute atomic E-state index is 0.0763. The summed E-state index contributed by atoms with van der Waals surface area (Å²) in [7, 11) is 1.49. The number of carboxylic acids is 2. The summed E-state index contributed by atoms with van der Waals surface area (Å²) in [6, 6.07) is 21.8. The van der Waals surface area contributed by atoms with Gasteiger partial charge in [-0.15, -0.1) is 0 Å². The van der Waals surface area contributed by atoms with E-state index in [1.807, 2.05) is 18.2 Å². The van der Waals surface area contributed by atoms with E-state index in [9.17, 15) is 24.3 Å². The average molecular weight is 543 g/mol. The van der Waals surface area contributed by atoms with Crippen LogP contribution in [0.4, 0.5) is 5.69 Å². The van der Waals surface area contributed by atoms with Crippen molar-refractivity contribution in [2.75, 3.05) is 11.9 Å². The predicted molar refractivity (Wildman–Crippen MR) is 150 cm³/mol. The zero-order valence-electron chi connectivity index (χ0n) is 22.1. The number of ether oxygens (including phenoxy) is 1. The van der Waals surface area contributed by atoms with Crippen molar-refractivity contribution in [3.05, 3.63) is 95.2 Å². The van der Waals surface area contributed by atoms with Gasteiger partial charge in [0.1, 0.15) is 11.4 Å². The van der Waals surface area contributed by atoms with Gasteiger partial charge in [-0.05, 0) is 55.2 Å². The molecule has 3 N–H and O–H groups in total. The van der Waals surface area contributed by atoms with Crippen LogP contribution in [0.2, 0.25) is 0 Å². The van der Waals surface area contributed by atoms with Crippen LogP contribution in [-0.2, 0) is 18.3 Å². The van der Waals surface area contributed by atoms with Gasteiger partial charge in [-0.1, -0.05) is 42.5 Å². The number of carbonyl (C=O) groups excluding carboxylic acids is 2. The highest BCUT2D eigenvalue weighted by Crippen LogP contribution is 2.32. The topological polar surface area (TPSA) is 135 Å². The third-order valence-electron chi connectivity index (χ3n) is 6.60. The first-order valence-corrected chi connectivity index (χ1v) is 12.9. The molecule has 0 aliphatic heterocycles. The minimum atomic E-state index is -1.33. The van der Waals surface area contributed by atoms with Crippen LogP contribution in [0, 0.1) is 0 Å². The summed E-state index contributed by atoms with van der Waals surface area (Å²) in [5, 5.41) is 21.9. The van der Waals surface area contributed by atoms with Crippen molar-refractivity contribution in [2.24, 2.45) is 7.05 Å². The number of aromatic carboxylic acids is 1. The van der Waals surface area contributed by atoms with Crippen LogP contribution in [0.5, 0.6) is 5.75 Å². The Balaban J connectivity index is 1.44. The number of para-hydroxylation sites is 1. The molecule has 0 radical (unpaired) electrons. The number of hydrogen-bond acceptors (Lipinski definition) is 5. The molecule has 0 aliphatic carbocycles. The third kappa shape index (κ3) is 6.55. The van der Waals surface area contributed by atoms with Crippen LogP contribution in [-0.4, -0.2) is 45.0 Å². The molecule has 4 aromatic rings. The monoisotopic (exact) mass is 542 g/mol. The number of aliphatic carboxylic acids is 1. The molecule has 3 aromatic carbocycles. The summed E-state index contributed by atoms with van der Waals surface area (Å²) in [4.78, 5) is 48.8. The fourth-order valence-electron chi connectivity index (χ4n) is 4.66. The number of carboxylic acid groups (broad SMARTS) is 2. The van der Waals surface area contributed by atoms with Gasteiger partial charge in [0.15, 0.2) is 5.78 Å². The number of rotatable bonds is 13. The average Bonchev–Trinajstić information content (AvgIpc) is 3.25. The van der Waals surface area contributed by atoms with E-state index in [1.54, 1.807) is 42.5 Å². The van der Waals surface area contributed by atoms with Gasteiger partial charge in [0.05, 0.1) is 29.8 Å². The van der Waals surface area contributed by atoms with Crippen molar-refractivity contribution in [1.29, 1.82) is 0 Å². The second-order valence-corrected chi connectivity index (χ2v) is 9.38. The Morgan fingerprint density at radius 2 is 1.57 bits per heavy atom. The van der Waals surface area contributed by atoms with Crippen LogP contribution in [0.3, 0.4) is 0 Å². The van der Waals surface area contributed by atoms with Gasteiger partial charge >= 0.3 is 11.9 Å². The molecule has 4 rings (SSSR count). The van der Waals surface area contributed by atoms with Crippen LogP contribution in [0.15, 0.2) is 72.8 Å². The molecule has 1 heterocycles. The van der Waals surface area contributed by atoms with E-state index in [2.05, 4.69) is 17.4 Å². The molecule has 0 saturated heterocycles. The number of ketones is 1. The Hall–Kier alpha value is -4.92. The van der Waals surface area contributed by atoms with Crippen molar-refractivity contribution in [2.45, 2.75) is 32.1 Å². The summed E-state index contributed by atoms with van der Waals surface area (Å²) in [5.41, 5.74) is 2.00. The summed E-state index contributed by atoms with van der Waals surface area (Å²) in [5.74, 6) is -2.84. The largest absolute Gasteiger partial charge is 0.494 e. The Morgan fingerprint density at radius 1 is 0.850 bits per heavy atom. The summed E-state index contributed by atoms with van der Waals surface area (Å²) < 4.78 is 7.14. The lowest BCUT2D eigenvalue weighted by Crippen LogP contribution is -2.13. The molecule has 0 atom stereocenters. The first kappa shape index (κ1) is 28.1. The highest BCUT2D eigenvalue weighted by molar-refractivity contribution is 6.19. The Kier molecular flexibility index (Phi) is 8.96. The lowest BCUT2D eigenvalue weighted by molar-refractivity contribution is -0.136. The third-order valence-corrected chi connectivity index (χ3v) is 6.60. The Morgan fingerprint density at radius 3 is 2.25 bits per heavy atom. The van der Waals surface area contributed by atoms with Gasteiger partial charge in [0, 0.05) is 24.4 Å². The Bertz CT molecular complexity index is 1540. The van der Waals surface area contributed by atoms with Gasteiger partial charge in [-0.25, -0.2) is 4.79 Å². The maximum absolute atomic E-state index is 13.0. The zero-order chi connectivity index (χ0) is 28.6. The molecule has 0 spiro atoms. The van der Waals surface area contributed by atoms with Crippen molar-refractivity contribution < 1.29 is 34.1 Å². The second kappa shape index (κ2) is 12.8. The molecule has 0 aliphatic rings. The standard InChI is InChI=1S/C31H30N2O7/c1-33-28-23(27(29(33)31(38)39)25(34)17-18-26(35)36)11-7-12-24(28)32-30(37)21-13-15-22(16-14-21)40-19-6-5-10-20-8-3-2-4-9-20/h2-4,7-9,11-16H,5-6,10,17-19H2,1H3,(H,32,37)(H,35,36)(H,38,39). The SMILES string of the molecule is Cn1c(C(=O)O)c(C(=O)CCC(=O)O)c2cccc(NC(=O)c3ccc(OCCCCc4ccccc4)cc3)c21. The van der Waals surface area contributed by atoms with Gasteiger partial charge in [-0.2, -0.15) is 0 Å². The highest BCUT2D eigenvalue weighted by Gasteiger charge is 2.27. The lowest BCUT2D eigenvalue weighted by atomic mass is 10.0. The number of unbranched alkanes of at least 4 members (excludes halogenated alkanes) is 1. The van der Waals surface area contributed by atoms with E-state index in [4.69, 9.17) is 9.84 Å². The lowest BCUT2D eigenvalue weighted by Gasteiger charge is -2.10. The summed E-state index contributed by atoms with van der Waals surface area (Å²) in [6.45, 7) is 0.563. The van der Waals surface area contributed by atoms with Crippen LogP contribution in [0.25, 0.3) is 10.9 Å². The molecule has 0 bridgehead atoms. The maximum atomic E-state index is 13.0. The van der Waals surface area contributed by atoms with Gasteiger partial charge < -0.3 is 24.8 Å². The van der Waals surface area contributed by atoms with Gasteiger partial charge in [0.2, 0.25) is 0 Å². The molecule has 9 nitrogen and oxygen atoms in total. The number of benzene rings is 3. The molecule has 1 aromatic heterocycles. The van der Waals surface area contributed by atoms with Crippen LogP contribution < -0.4 is 10.1 Å². The Labute approximate surface area is 231 Å². The van der Waals surface area contributed by atoms with E-state index >= 15 is 0 Å². The fraction of sp³-hybridized carbons (Fsp3) is 0.226. The van der Waals surface area contributed by atoms with Gasteiger partial charge in [-0.3, -0.25) is 14.4 Å². The molecule has 0 unspecified atom stereocenters. The number of nitrogens with one attached hydrogen (secondary N) is 1. The smallest absolute Gasteiger partial charge is 0.353 e. The van der Waals surface area contributed by atoms with Crippen LogP contribution >= 0.6 is 0 Å². The number of aryl methyl sites for hydroxylation is 2. The molecule has 1 amide bonds. The summed E-state index contributed by atoms with van der Waals surface area (Å²) in [6.07, 6.45) is 2.14. The summed E-state index contributed by atoms with van der Waals surface area (Å²) >= 11 is 0. The predicted octanol–water partition coefficient (Wildman–Crippen LogP) is 5.58. The quantitative estimate of drug-likeness (QED) is 0.148. The highest BCUT2D eigenvalue weighted by atomic mass is 16.5. The van der Waals surface area contributed by atoms with Crippen molar-refractivity contribution >= 4 is 40.2 Å². The number of amides is 1. The van der Waals surface area contributed by atoms with E-state index in [1.165, 1.54) is 17.2 Å². The van der Waals surface area contributed by atoms with Crippen molar-refractivity contribution in [3.8, 4) is 5.75 Å². The fourth-order valence-corrected chi connectivity index (χ4v) is 4.66. The van der Waals surface area contributed by atoms with E-state index in [-0.39, 0.29) is 17.7 Å². The molecular formula is C31H30N2O7. The first-order valence-electron chi connectivity index (χ1n) is 12.9. The number of aromatic nitrogens is 1. The number of fused-ring (bicyclic) bond motifs is 1. The van der Waals surface area contributed by atoms with Gasteiger partial charge in [0.25, 0.3) is 5.91 Å². The maximum Gasteiger partial charge on any atom is 0.353 e. The number of carbonyl (C=O) groups is 4. The van der Waals surface area contributed by atoms with Crippen LogP contribution in [0.1, 0.15) is 62.5 Å².